The summed E-state index contributed by atoms with van der Waals surface area (Å²) in [6.45, 7) is 10.2. The molecule has 49 heavy (non-hydrogen) atoms. The first kappa shape index (κ1) is 33.3. The van der Waals surface area contributed by atoms with Crippen LogP contribution in [0, 0.1) is 22.6 Å². The van der Waals surface area contributed by atoms with Crippen LogP contribution in [0.4, 0.5) is 15.0 Å². The number of benzene rings is 3. The van der Waals surface area contributed by atoms with Crippen LogP contribution in [0.2, 0.25) is 5.02 Å². The van der Waals surface area contributed by atoms with Gasteiger partial charge in [0.25, 0.3) is 0 Å². The minimum atomic E-state index is -0.669. The van der Waals surface area contributed by atoms with Crippen molar-refractivity contribution in [2.24, 2.45) is 5.41 Å². The SMILES string of the molecule is CC(C)(C)OC(=O)N1CCN(c2nc(OCC3(CN4CCCC4)CC3)nc3c(F)c(-c4cccc5cccc(Cl)c45)ccc23)C[C@@H]1CC#N. The molecule has 1 aliphatic carbocycles. The van der Waals surface area contributed by atoms with E-state index in [2.05, 4.69) is 11.0 Å². The van der Waals surface area contributed by atoms with Crippen LogP contribution in [0.15, 0.2) is 48.5 Å². The second-order valence-electron chi connectivity index (χ2n) is 14.7. The molecule has 3 fully saturated rings. The minimum Gasteiger partial charge on any atom is -0.463 e. The molecule has 4 aromatic rings. The number of hydrogen-bond donors (Lipinski definition) is 0. The summed E-state index contributed by atoms with van der Waals surface area (Å²) in [5.41, 5.74) is 0.592. The topological polar surface area (TPSA) is 94.8 Å². The van der Waals surface area contributed by atoms with Gasteiger partial charge in [0.05, 0.1) is 25.1 Å². The predicted octanol–water partition coefficient (Wildman–Crippen LogP) is 7.84. The lowest BCUT2D eigenvalue weighted by Crippen LogP contribution is -2.56. The highest BCUT2D eigenvalue weighted by Crippen LogP contribution is 2.47. The van der Waals surface area contributed by atoms with E-state index in [0.29, 0.717) is 53.6 Å². The van der Waals surface area contributed by atoms with Gasteiger partial charge < -0.3 is 24.2 Å². The van der Waals surface area contributed by atoms with Gasteiger partial charge in [-0.3, -0.25) is 0 Å². The summed E-state index contributed by atoms with van der Waals surface area (Å²) < 4.78 is 28.9. The average Bonchev–Trinajstić information content (AvgIpc) is 3.64. The van der Waals surface area contributed by atoms with Gasteiger partial charge in [0.1, 0.15) is 16.9 Å². The van der Waals surface area contributed by atoms with Gasteiger partial charge in [0.2, 0.25) is 0 Å². The number of aromatic nitrogens is 2. The van der Waals surface area contributed by atoms with Crippen molar-refractivity contribution in [2.75, 3.05) is 50.8 Å². The standard InChI is InChI=1S/C38H42ClFN6O3/c1-37(2,3)49-36(47)46-21-20-45(22-26(46)14-17-41)34-29-13-12-28(27-10-6-8-25-9-7-11-30(39)31(25)27)32(40)33(29)42-35(43-34)48-24-38(15-16-38)23-44-18-4-5-19-44/h6-13,26H,4-5,14-16,18-24H2,1-3H3/t26-/m0/s1. The summed E-state index contributed by atoms with van der Waals surface area (Å²) in [4.78, 5) is 28.8. The van der Waals surface area contributed by atoms with E-state index < -0.39 is 23.6 Å². The smallest absolute Gasteiger partial charge is 0.410 e. The van der Waals surface area contributed by atoms with Crippen molar-refractivity contribution in [3.05, 3.63) is 59.4 Å². The maximum absolute atomic E-state index is 16.9. The second-order valence-corrected chi connectivity index (χ2v) is 15.1. The number of rotatable bonds is 8. The van der Waals surface area contributed by atoms with E-state index in [9.17, 15) is 10.1 Å². The maximum atomic E-state index is 16.9. The number of piperazine rings is 1. The molecule has 0 bridgehead atoms. The van der Waals surface area contributed by atoms with Gasteiger partial charge >= 0.3 is 12.1 Å². The zero-order valence-corrected chi connectivity index (χ0v) is 29.1. The lowest BCUT2D eigenvalue weighted by molar-refractivity contribution is 0.0145. The number of hydrogen-bond acceptors (Lipinski definition) is 8. The number of carbonyl (C=O) groups is 1. The monoisotopic (exact) mass is 684 g/mol. The van der Waals surface area contributed by atoms with E-state index in [1.54, 1.807) is 11.0 Å². The Morgan fingerprint density at radius 1 is 1.04 bits per heavy atom. The molecule has 9 nitrogen and oxygen atoms in total. The van der Waals surface area contributed by atoms with Crippen molar-refractivity contribution in [3.8, 4) is 23.2 Å². The first-order valence-electron chi connectivity index (χ1n) is 17.2. The van der Waals surface area contributed by atoms with E-state index in [4.69, 9.17) is 31.0 Å². The zero-order valence-electron chi connectivity index (χ0n) is 28.3. The number of amides is 1. The second kappa shape index (κ2) is 13.3. The summed E-state index contributed by atoms with van der Waals surface area (Å²) in [6.07, 6.45) is 4.26. The van der Waals surface area contributed by atoms with Crippen LogP contribution in [0.5, 0.6) is 6.01 Å². The Bertz CT molecular complexity index is 1930. The molecule has 1 saturated carbocycles. The minimum absolute atomic E-state index is 0.0554. The molecule has 2 saturated heterocycles. The molecule has 7 rings (SSSR count). The molecule has 3 heterocycles. The first-order chi connectivity index (χ1) is 23.5. The first-order valence-corrected chi connectivity index (χ1v) is 17.6. The maximum Gasteiger partial charge on any atom is 0.410 e. The van der Waals surface area contributed by atoms with Crippen LogP contribution in [-0.2, 0) is 4.74 Å². The number of carbonyl (C=O) groups excluding carboxylic acids is 1. The molecule has 3 aliphatic rings. The van der Waals surface area contributed by atoms with Crippen LogP contribution < -0.4 is 9.64 Å². The lowest BCUT2D eigenvalue weighted by atomic mass is 9.96. The van der Waals surface area contributed by atoms with Gasteiger partial charge in [-0.15, -0.1) is 0 Å². The number of nitriles is 1. The number of nitrogens with zero attached hydrogens (tertiary/aromatic N) is 6. The summed E-state index contributed by atoms with van der Waals surface area (Å²) in [5.74, 6) is 0.0233. The fourth-order valence-electron chi connectivity index (χ4n) is 7.21. The normalized spacial score (nSPS) is 19.3. The van der Waals surface area contributed by atoms with E-state index in [1.807, 2.05) is 68.1 Å². The molecule has 11 heteroatoms. The average molecular weight is 685 g/mol. The Kier molecular flexibility index (Phi) is 9.01. The van der Waals surface area contributed by atoms with E-state index in [1.165, 1.54) is 12.8 Å². The van der Waals surface area contributed by atoms with Gasteiger partial charge in [-0.25, -0.2) is 9.18 Å². The molecule has 2 aliphatic heterocycles. The largest absolute Gasteiger partial charge is 0.463 e. The zero-order chi connectivity index (χ0) is 34.3. The fraction of sp³-hybridized carbons (Fsp3) is 0.474. The number of fused-ring (bicyclic) bond motifs is 2. The highest BCUT2D eigenvalue weighted by atomic mass is 35.5. The predicted molar refractivity (Wildman–Crippen MR) is 189 cm³/mol. The fourth-order valence-corrected chi connectivity index (χ4v) is 7.49. The number of anilines is 1. The van der Waals surface area contributed by atoms with Crippen molar-refractivity contribution in [3.63, 3.8) is 0 Å². The van der Waals surface area contributed by atoms with Crippen LogP contribution in [0.3, 0.4) is 0 Å². The molecular formula is C38H42ClFN6O3. The van der Waals surface area contributed by atoms with Gasteiger partial charge in [0.15, 0.2) is 5.82 Å². The third-order valence-electron chi connectivity index (χ3n) is 9.87. The summed E-state index contributed by atoms with van der Waals surface area (Å²) in [5, 5.41) is 12.4. The Morgan fingerprint density at radius 2 is 1.80 bits per heavy atom. The molecule has 1 amide bonds. The van der Waals surface area contributed by atoms with Gasteiger partial charge in [-0.2, -0.15) is 15.2 Å². The van der Waals surface area contributed by atoms with Crippen molar-refractivity contribution in [1.29, 1.82) is 5.26 Å². The third kappa shape index (κ3) is 6.97. The Morgan fingerprint density at radius 3 is 2.51 bits per heavy atom. The molecule has 3 aromatic carbocycles. The summed E-state index contributed by atoms with van der Waals surface area (Å²) >= 11 is 6.66. The van der Waals surface area contributed by atoms with Crippen LogP contribution in [0.25, 0.3) is 32.8 Å². The van der Waals surface area contributed by atoms with Gasteiger partial charge in [-0.05, 0) is 82.6 Å². The quantitative estimate of drug-likeness (QED) is 0.185. The van der Waals surface area contributed by atoms with Crippen molar-refractivity contribution >= 4 is 45.2 Å². The molecule has 0 unspecified atom stereocenters. The molecular weight excluding hydrogens is 643 g/mol. The van der Waals surface area contributed by atoms with Crippen LogP contribution in [0.1, 0.15) is 52.9 Å². The summed E-state index contributed by atoms with van der Waals surface area (Å²) in [6, 6.07) is 16.9. The van der Waals surface area contributed by atoms with Crippen LogP contribution >= 0.6 is 11.6 Å². The molecule has 0 radical (unpaired) electrons. The Labute approximate surface area is 291 Å². The van der Waals surface area contributed by atoms with E-state index in [-0.39, 0.29) is 23.4 Å². The Hall–Kier alpha value is -4.20. The molecule has 0 spiro atoms. The van der Waals surface area contributed by atoms with Gasteiger partial charge in [0, 0.05) is 53.0 Å². The van der Waals surface area contributed by atoms with Gasteiger partial charge in [-0.1, -0.05) is 48.0 Å². The van der Waals surface area contributed by atoms with Crippen molar-refractivity contribution in [2.45, 2.75) is 64.5 Å². The number of halogens is 2. The Balaban J connectivity index is 1.27. The van der Waals surface area contributed by atoms with Crippen LogP contribution in [-0.4, -0.2) is 83.4 Å². The molecule has 0 N–H and O–H groups in total. The number of ether oxygens (including phenoxy) is 2. The van der Waals surface area contributed by atoms with E-state index in [0.717, 1.165) is 43.2 Å². The molecule has 256 valence electrons. The number of likely N-dealkylation sites (tertiary alicyclic amines) is 1. The highest BCUT2D eigenvalue weighted by molar-refractivity contribution is 6.36. The third-order valence-corrected chi connectivity index (χ3v) is 10.2. The van der Waals surface area contributed by atoms with Crippen molar-refractivity contribution in [1.82, 2.24) is 19.8 Å². The van der Waals surface area contributed by atoms with E-state index >= 15 is 4.39 Å². The van der Waals surface area contributed by atoms with Crippen molar-refractivity contribution < 1.29 is 18.7 Å². The highest BCUT2D eigenvalue weighted by Gasteiger charge is 2.45. The molecule has 1 aromatic heterocycles. The summed E-state index contributed by atoms with van der Waals surface area (Å²) in [7, 11) is 0. The lowest BCUT2D eigenvalue weighted by Gasteiger charge is -2.41. The molecule has 1 atom stereocenters.